The Kier molecular flexibility index (Phi) is 3.69. The lowest BCUT2D eigenvalue weighted by Gasteiger charge is -2.13. The molecule has 2 aromatic rings. The van der Waals surface area contributed by atoms with Crippen molar-refractivity contribution in [3.63, 3.8) is 0 Å². The van der Waals surface area contributed by atoms with Crippen LogP contribution in [0.3, 0.4) is 0 Å². The molecule has 0 aliphatic carbocycles. The zero-order chi connectivity index (χ0) is 14.7. The first kappa shape index (κ1) is 13.6. The second-order valence-electron chi connectivity index (χ2n) is 4.43. The summed E-state index contributed by atoms with van der Waals surface area (Å²) in [6.45, 7) is 0. The van der Waals surface area contributed by atoms with Crippen molar-refractivity contribution in [1.29, 1.82) is 0 Å². The van der Waals surface area contributed by atoms with Gasteiger partial charge in [-0.2, -0.15) is 0 Å². The molecule has 7 nitrogen and oxygen atoms in total. The number of nitrogens with two attached hydrogens (primary N) is 1. The van der Waals surface area contributed by atoms with E-state index < -0.39 is 4.92 Å². The van der Waals surface area contributed by atoms with Gasteiger partial charge in [0.2, 0.25) is 5.82 Å². The predicted octanol–water partition coefficient (Wildman–Crippen LogP) is 2.38. The van der Waals surface area contributed by atoms with Crippen LogP contribution in [0.15, 0.2) is 36.4 Å². The summed E-state index contributed by atoms with van der Waals surface area (Å²) in [7, 11) is 3.87. The number of aromatic nitrogens is 1. The summed E-state index contributed by atoms with van der Waals surface area (Å²) in [5.41, 5.74) is 7.19. The smallest absolute Gasteiger partial charge is 0.311 e. The second kappa shape index (κ2) is 5.43. The lowest BCUT2D eigenvalue weighted by Crippen LogP contribution is -2.08. The van der Waals surface area contributed by atoms with E-state index in [0.29, 0.717) is 5.69 Å². The molecule has 0 aliphatic rings. The third-order valence-corrected chi connectivity index (χ3v) is 2.74. The minimum atomic E-state index is -0.497. The van der Waals surface area contributed by atoms with Crippen LogP contribution in [0.1, 0.15) is 0 Å². The molecule has 0 aliphatic heterocycles. The molecule has 0 radical (unpaired) electrons. The van der Waals surface area contributed by atoms with E-state index in [-0.39, 0.29) is 17.3 Å². The van der Waals surface area contributed by atoms with E-state index in [4.69, 9.17) is 5.73 Å². The van der Waals surface area contributed by atoms with Gasteiger partial charge >= 0.3 is 5.69 Å². The van der Waals surface area contributed by atoms with Crippen LogP contribution in [0, 0.1) is 10.1 Å². The van der Waals surface area contributed by atoms with Gasteiger partial charge < -0.3 is 16.0 Å². The Hall–Kier alpha value is -2.83. The molecule has 0 unspecified atom stereocenters. The number of anilines is 4. The summed E-state index contributed by atoms with van der Waals surface area (Å²) >= 11 is 0. The van der Waals surface area contributed by atoms with Gasteiger partial charge in [0.1, 0.15) is 5.82 Å². The molecule has 0 amide bonds. The van der Waals surface area contributed by atoms with E-state index in [1.54, 1.807) is 0 Å². The van der Waals surface area contributed by atoms with Crippen LogP contribution in [0.2, 0.25) is 0 Å². The SMILES string of the molecule is CN(C)c1ccc(Nc2nc(N)ccc2[N+](=O)[O-])cc1. The Morgan fingerprint density at radius 1 is 1.20 bits per heavy atom. The zero-order valence-corrected chi connectivity index (χ0v) is 11.2. The highest BCUT2D eigenvalue weighted by atomic mass is 16.6. The van der Waals surface area contributed by atoms with E-state index >= 15 is 0 Å². The summed E-state index contributed by atoms with van der Waals surface area (Å²) in [5, 5.41) is 13.9. The van der Waals surface area contributed by atoms with Crippen molar-refractivity contribution in [2.75, 3.05) is 30.0 Å². The number of rotatable bonds is 4. The first-order chi connectivity index (χ1) is 9.47. The fourth-order valence-corrected chi connectivity index (χ4v) is 1.69. The van der Waals surface area contributed by atoms with Crippen LogP contribution < -0.4 is 16.0 Å². The predicted molar refractivity (Wildman–Crippen MR) is 79.4 cm³/mol. The quantitative estimate of drug-likeness (QED) is 0.655. The molecule has 0 fully saturated rings. The number of hydrogen-bond acceptors (Lipinski definition) is 6. The van der Waals surface area contributed by atoms with Gasteiger partial charge in [-0.25, -0.2) is 4.98 Å². The van der Waals surface area contributed by atoms with Crippen molar-refractivity contribution in [3.8, 4) is 0 Å². The van der Waals surface area contributed by atoms with Gasteiger partial charge in [0.15, 0.2) is 0 Å². The number of benzene rings is 1. The van der Waals surface area contributed by atoms with Crippen molar-refractivity contribution >= 4 is 28.7 Å². The Balaban J connectivity index is 2.29. The highest BCUT2D eigenvalue weighted by Crippen LogP contribution is 2.27. The van der Waals surface area contributed by atoms with Gasteiger partial charge in [-0.15, -0.1) is 0 Å². The van der Waals surface area contributed by atoms with Crippen molar-refractivity contribution in [2.45, 2.75) is 0 Å². The Morgan fingerprint density at radius 3 is 2.40 bits per heavy atom. The van der Waals surface area contributed by atoms with Gasteiger partial charge in [-0.1, -0.05) is 0 Å². The minimum Gasteiger partial charge on any atom is -0.384 e. The lowest BCUT2D eigenvalue weighted by molar-refractivity contribution is -0.384. The molecule has 0 saturated carbocycles. The fourth-order valence-electron chi connectivity index (χ4n) is 1.69. The van der Waals surface area contributed by atoms with E-state index in [2.05, 4.69) is 10.3 Å². The van der Waals surface area contributed by atoms with Crippen LogP contribution in [0.25, 0.3) is 0 Å². The highest BCUT2D eigenvalue weighted by Gasteiger charge is 2.15. The summed E-state index contributed by atoms with van der Waals surface area (Å²) in [6, 6.07) is 10.2. The maximum absolute atomic E-state index is 10.9. The Labute approximate surface area is 116 Å². The second-order valence-corrected chi connectivity index (χ2v) is 4.43. The average Bonchev–Trinajstić information content (AvgIpc) is 2.39. The summed E-state index contributed by atoms with van der Waals surface area (Å²) in [5.74, 6) is 0.357. The van der Waals surface area contributed by atoms with E-state index in [1.807, 2.05) is 43.3 Å². The van der Waals surface area contributed by atoms with Gasteiger partial charge in [0.25, 0.3) is 0 Å². The van der Waals surface area contributed by atoms with E-state index in [0.717, 1.165) is 5.69 Å². The van der Waals surface area contributed by atoms with Crippen LogP contribution >= 0.6 is 0 Å². The van der Waals surface area contributed by atoms with Gasteiger partial charge in [-0.05, 0) is 30.3 Å². The number of nitrogens with one attached hydrogen (secondary N) is 1. The molecule has 7 heteroatoms. The molecular formula is C13H15N5O2. The van der Waals surface area contributed by atoms with Crippen LogP contribution in [-0.4, -0.2) is 24.0 Å². The number of nitrogen functional groups attached to an aromatic ring is 1. The molecule has 0 bridgehead atoms. The Bertz CT molecular complexity index is 625. The maximum atomic E-state index is 10.9. The molecule has 2 rings (SSSR count). The molecule has 0 atom stereocenters. The minimum absolute atomic E-state index is 0.115. The van der Waals surface area contributed by atoms with E-state index in [1.165, 1.54) is 12.1 Å². The normalized spacial score (nSPS) is 10.1. The van der Waals surface area contributed by atoms with Gasteiger partial charge in [0.05, 0.1) is 4.92 Å². The van der Waals surface area contributed by atoms with Crippen molar-refractivity contribution in [2.24, 2.45) is 0 Å². The summed E-state index contributed by atoms with van der Waals surface area (Å²) in [6.07, 6.45) is 0. The largest absolute Gasteiger partial charge is 0.384 e. The molecular weight excluding hydrogens is 258 g/mol. The van der Waals surface area contributed by atoms with Crippen LogP contribution in [0.5, 0.6) is 0 Å². The molecule has 1 heterocycles. The maximum Gasteiger partial charge on any atom is 0.311 e. The topological polar surface area (TPSA) is 97.3 Å². The first-order valence-corrected chi connectivity index (χ1v) is 5.92. The van der Waals surface area contributed by atoms with Crippen molar-refractivity contribution in [1.82, 2.24) is 4.98 Å². The van der Waals surface area contributed by atoms with Crippen LogP contribution in [0.4, 0.5) is 28.7 Å². The number of nitrogens with zero attached hydrogens (tertiary/aromatic N) is 3. The molecule has 20 heavy (non-hydrogen) atoms. The van der Waals surface area contributed by atoms with Crippen LogP contribution in [-0.2, 0) is 0 Å². The standard InChI is InChI=1S/C13H15N5O2/c1-17(2)10-5-3-9(4-6-10)15-13-11(18(19)20)7-8-12(14)16-13/h3-8H,1-2H3,(H3,14,15,16). The third-order valence-electron chi connectivity index (χ3n) is 2.74. The monoisotopic (exact) mass is 273 g/mol. The number of pyridine rings is 1. The Morgan fingerprint density at radius 2 is 1.85 bits per heavy atom. The lowest BCUT2D eigenvalue weighted by atomic mass is 10.2. The van der Waals surface area contributed by atoms with Gasteiger partial charge in [-0.3, -0.25) is 10.1 Å². The molecule has 0 spiro atoms. The molecule has 3 N–H and O–H groups in total. The van der Waals surface area contributed by atoms with Crippen molar-refractivity contribution < 1.29 is 4.92 Å². The highest BCUT2D eigenvalue weighted by molar-refractivity contribution is 5.68. The molecule has 1 aromatic heterocycles. The molecule has 104 valence electrons. The fraction of sp³-hybridized carbons (Fsp3) is 0.154. The third kappa shape index (κ3) is 2.94. The summed E-state index contributed by atoms with van der Waals surface area (Å²) in [4.78, 5) is 16.4. The zero-order valence-electron chi connectivity index (χ0n) is 11.2. The molecule has 1 aromatic carbocycles. The summed E-state index contributed by atoms with van der Waals surface area (Å²) < 4.78 is 0. The number of hydrogen-bond donors (Lipinski definition) is 2. The number of nitro groups is 1. The van der Waals surface area contributed by atoms with E-state index in [9.17, 15) is 10.1 Å². The van der Waals surface area contributed by atoms with Crippen molar-refractivity contribution in [3.05, 3.63) is 46.5 Å². The van der Waals surface area contributed by atoms with Gasteiger partial charge in [0, 0.05) is 31.5 Å². The average molecular weight is 273 g/mol. The molecule has 0 saturated heterocycles. The first-order valence-electron chi connectivity index (χ1n) is 5.92.